The van der Waals surface area contributed by atoms with Crippen molar-refractivity contribution in [2.75, 3.05) is 11.9 Å². The fraction of sp³-hybridized carbons (Fsp3) is 0.222. The lowest BCUT2D eigenvalue weighted by atomic mass is 10.1. The quantitative estimate of drug-likeness (QED) is 0.418. The molecule has 1 aromatic heterocycles. The van der Waals surface area contributed by atoms with Crippen molar-refractivity contribution >= 4 is 22.8 Å². The number of nitrogens with zero attached hydrogens (tertiary/aromatic N) is 3. The third-order valence-electron chi connectivity index (χ3n) is 5.76. The van der Waals surface area contributed by atoms with E-state index in [2.05, 4.69) is 10.3 Å². The number of hydrogen-bond acceptors (Lipinski definition) is 4. The SMILES string of the molecule is CCOc1ccccc1NC(=O)N(Cc1ccccc1)[C@H](C)c1nc2ccccc2n(C)c1=O. The number of urea groups is 1. The lowest BCUT2D eigenvalue weighted by Crippen LogP contribution is -2.40. The predicted octanol–water partition coefficient (Wildman–Crippen LogP) is 5.13. The fourth-order valence-corrected chi connectivity index (χ4v) is 3.92. The van der Waals surface area contributed by atoms with Crippen molar-refractivity contribution in [3.63, 3.8) is 0 Å². The van der Waals surface area contributed by atoms with E-state index in [4.69, 9.17) is 4.74 Å². The molecule has 34 heavy (non-hydrogen) atoms. The van der Waals surface area contributed by atoms with Gasteiger partial charge in [-0.1, -0.05) is 54.6 Å². The minimum Gasteiger partial charge on any atom is -0.492 e. The Hall–Kier alpha value is -4.13. The van der Waals surface area contributed by atoms with Gasteiger partial charge in [-0.2, -0.15) is 0 Å². The number of ether oxygens (including phenoxy) is 1. The van der Waals surface area contributed by atoms with E-state index in [-0.39, 0.29) is 11.6 Å². The van der Waals surface area contributed by atoms with Crippen LogP contribution in [0.2, 0.25) is 0 Å². The number of hydrogen-bond donors (Lipinski definition) is 1. The molecule has 4 rings (SSSR count). The van der Waals surface area contributed by atoms with Crippen molar-refractivity contribution in [2.45, 2.75) is 26.4 Å². The van der Waals surface area contributed by atoms with Crippen LogP contribution in [-0.4, -0.2) is 27.1 Å². The summed E-state index contributed by atoms with van der Waals surface area (Å²) in [6, 6.07) is 23.5. The monoisotopic (exact) mass is 456 g/mol. The molecule has 0 saturated heterocycles. The van der Waals surface area contributed by atoms with Crippen LogP contribution in [0.25, 0.3) is 11.0 Å². The maximum absolute atomic E-state index is 13.6. The third kappa shape index (κ3) is 4.78. The van der Waals surface area contributed by atoms with Gasteiger partial charge in [0, 0.05) is 13.6 Å². The van der Waals surface area contributed by atoms with E-state index in [1.807, 2.05) is 86.6 Å². The number of carbonyl (C=O) groups is 1. The molecule has 0 fully saturated rings. The first-order valence-corrected chi connectivity index (χ1v) is 11.3. The molecule has 0 bridgehead atoms. The van der Waals surface area contributed by atoms with Gasteiger partial charge in [-0.3, -0.25) is 4.79 Å². The Morgan fingerprint density at radius 3 is 2.47 bits per heavy atom. The van der Waals surface area contributed by atoms with Crippen LogP contribution in [0, 0.1) is 0 Å². The van der Waals surface area contributed by atoms with Crippen molar-refractivity contribution in [1.82, 2.24) is 14.5 Å². The first-order chi connectivity index (χ1) is 16.5. The standard InChI is InChI=1S/C27H28N4O3/c1-4-34-24-17-11-9-15-22(24)29-27(33)31(18-20-12-6-5-7-13-20)19(2)25-26(32)30(3)23-16-10-8-14-21(23)28-25/h5-17,19H,4,18H2,1-3H3,(H,29,33)/t19-/m1/s1. The number of aryl methyl sites for hydroxylation is 1. The molecule has 0 spiro atoms. The van der Waals surface area contributed by atoms with Gasteiger partial charge >= 0.3 is 6.03 Å². The topological polar surface area (TPSA) is 76.5 Å². The summed E-state index contributed by atoms with van der Waals surface area (Å²) < 4.78 is 7.25. The van der Waals surface area contributed by atoms with E-state index < -0.39 is 6.04 Å². The molecule has 174 valence electrons. The molecular formula is C27H28N4O3. The summed E-state index contributed by atoms with van der Waals surface area (Å²) in [6.45, 7) is 4.51. The van der Waals surface area contributed by atoms with Crippen LogP contribution < -0.4 is 15.6 Å². The van der Waals surface area contributed by atoms with E-state index >= 15 is 0 Å². The number of carbonyl (C=O) groups excluding carboxylic acids is 1. The first kappa shape index (κ1) is 23.0. The van der Waals surface area contributed by atoms with Crippen molar-refractivity contribution in [2.24, 2.45) is 7.05 Å². The van der Waals surface area contributed by atoms with Crippen LogP contribution in [0.1, 0.15) is 31.1 Å². The molecule has 0 unspecified atom stereocenters. The van der Waals surface area contributed by atoms with Crippen molar-refractivity contribution in [3.05, 3.63) is 100 Å². The van der Waals surface area contributed by atoms with Gasteiger partial charge in [0.2, 0.25) is 0 Å². The summed E-state index contributed by atoms with van der Waals surface area (Å²) in [6.07, 6.45) is 0. The number of rotatable bonds is 7. The van der Waals surface area contributed by atoms with Gasteiger partial charge in [-0.15, -0.1) is 0 Å². The Morgan fingerprint density at radius 1 is 1.03 bits per heavy atom. The third-order valence-corrected chi connectivity index (χ3v) is 5.76. The molecule has 1 N–H and O–H groups in total. The van der Waals surface area contributed by atoms with Crippen LogP contribution in [0.3, 0.4) is 0 Å². The number of benzene rings is 3. The average Bonchev–Trinajstić information content (AvgIpc) is 2.86. The van der Waals surface area contributed by atoms with Crippen LogP contribution in [0.5, 0.6) is 5.75 Å². The Balaban J connectivity index is 1.73. The molecule has 0 aliphatic heterocycles. The van der Waals surface area contributed by atoms with Crippen molar-refractivity contribution in [3.8, 4) is 5.75 Å². The number of nitrogens with one attached hydrogen (secondary N) is 1. The summed E-state index contributed by atoms with van der Waals surface area (Å²) in [5.41, 5.74) is 3.04. The molecule has 0 radical (unpaired) electrons. The summed E-state index contributed by atoms with van der Waals surface area (Å²) >= 11 is 0. The molecule has 3 aromatic carbocycles. The van der Waals surface area contributed by atoms with Crippen molar-refractivity contribution < 1.29 is 9.53 Å². The van der Waals surface area contributed by atoms with Gasteiger partial charge in [0.15, 0.2) is 0 Å². The second-order valence-corrected chi connectivity index (χ2v) is 8.00. The first-order valence-electron chi connectivity index (χ1n) is 11.3. The predicted molar refractivity (Wildman–Crippen MR) is 134 cm³/mol. The zero-order chi connectivity index (χ0) is 24.1. The highest BCUT2D eigenvalue weighted by atomic mass is 16.5. The second-order valence-electron chi connectivity index (χ2n) is 8.00. The smallest absolute Gasteiger partial charge is 0.322 e. The lowest BCUT2D eigenvalue weighted by Gasteiger charge is -2.29. The average molecular weight is 457 g/mol. The highest BCUT2D eigenvalue weighted by Crippen LogP contribution is 2.27. The van der Waals surface area contributed by atoms with Gasteiger partial charge in [0.1, 0.15) is 11.4 Å². The molecule has 7 nitrogen and oxygen atoms in total. The van der Waals surface area contributed by atoms with Crippen LogP contribution in [0.4, 0.5) is 10.5 Å². The largest absolute Gasteiger partial charge is 0.492 e. The summed E-state index contributed by atoms with van der Waals surface area (Å²) in [4.78, 5) is 33.1. The van der Waals surface area contributed by atoms with Gasteiger partial charge < -0.3 is 19.5 Å². The number of fused-ring (bicyclic) bond motifs is 1. The summed E-state index contributed by atoms with van der Waals surface area (Å²) in [7, 11) is 1.72. The Kier molecular flexibility index (Phi) is 6.92. The molecule has 1 heterocycles. The Bertz CT molecular complexity index is 1350. The normalized spacial score (nSPS) is 11.7. The molecular weight excluding hydrogens is 428 g/mol. The number of amides is 2. The second kappa shape index (κ2) is 10.2. The van der Waals surface area contributed by atoms with E-state index in [9.17, 15) is 9.59 Å². The van der Waals surface area contributed by atoms with Crippen LogP contribution in [-0.2, 0) is 13.6 Å². The Labute approximate surface area is 198 Å². The minimum absolute atomic E-state index is 0.230. The number of aromatic nitrogens is 2. The van der Waals surface area contributed by atoms with Crippen molar-refractivity contribution in [1.29, 1.82) is 0 Å². The van der Waals surface area contributed by atoms with Gasteiger partial charge in [0.05, 0.1) is 29.4 Å². The minimum atomic E-state index is -0.581. The fourth-order valence-electron chi connectivity index (χ4n) is 3.92. The molecule has 0 aliphatic carbocycles. The van der Waals surface area contributed by atoms with E-state index in [1.165, 1.54) is 0 Å². The summed E-state index contributed by atoms with van der Waals surface area (Å²) in [5.74, 6) is 0.588. The van der Waals surface area contributed by atoms with Crippen LogP contribution >= 0.6 is 0 Å². The number of para-hydroxylation sites is 4. The van der Waals surface area contributed by atoms with Crippen LogP contribution in [0.15, 0.2) is 83.7 Å². The molecule has 1 atom stereocenters. The molecule has 7 heteroatoms. The van der Waals surface area contributed by atoms with Gasteiger partial charge in [-0.05, 0) is 43.7 Å². The van der Waals surface area contributed by atoms with E-state index in [1.54, 1.807) is 22.6 Å². The zero-order valence-corrected chi connectivity index (χ0v) is 19.6. The van der Waals surface area contributed by atoms with E-state index in [0.29, 0.717) is 35.8 Å². The van der Waals surface area contributed by atoms with Gasteiger partial charge in [-0.25, -0.2) is 9.78 Å². The maximum atomic E-state index is 13.6. The molecule has 4 aromatic rings. The lowest BCUT2D eigenvalue weighted by molar-refractivity contribution is 0.187. The highest BCUT2D eigenvalue weighted by Gasteiger charge is 2.27. The zero-order valence-electron chi connectivity index (χ0n) is 19.6. The van der Waals surface area contributed by atoms with Gasteiger partial charge in [0.25, 0.3) is 5.56 Å². The Morgan fingerprint density at radius 2 is 1.71 bits per heavy atom. The number of anilines is 1. The molecule has 2 amide bonds. The molecule has 0 aliphatic rings. The summed E-state index contributed by atoms with van der Waals surface area (Å²) in [5, 5.41) is 2.96. The molecule has 0 saturated carbocycles. The highest BCUT2D eigenvalue weighted by molar-refractivity contribution is 5.91. The maximum Gasteiger partial charge on any atom is 0.322 e. The van der Waals surface area contributed by atoms with E-state index in [0.717, 1.165) is 11.1 Å².